The van der Waals surface area contributed by atoms with Crippen LogP contribution in [0.4, 0.5) is 17.1 Å². The first-order valence-electron chi connectivity index (χ1n) is 3.49. The number of halogens is 4. The highest BCUT2D eigenvalue weighted by Crippen LogP contribution is 2.25. The minimum Gasteiger partial charge on any atom is -0.406 e. The van der Waals surface area contributed by atoms with Gasteiger partial charge in [0.25, 0.3) is 0 Å². The standard InChI is InChI=1S/C7H4F4O3S/c8-7(9,10)14-5-2-1-3-6(4-5)15(11,12)13/h1-4H. The summed E-state index contributed by atoms with van der Waals surface area (Å²) in [6, 6.07) is 3.07. The van der Waals surface area contributed by atoms with Crippen molar-refractivity contribution in [3.63, 3.8) is 0 Å². The van der Waals surface area contributed by atoms with Gasteiger partial charge in [-0.2, -0.15) is 8.42 Å². The van der Waals surface area contributed by atoms with E-state index in [1.807, 2.05) is 0 Å². The van der Waals surface area contributed by atoms with Crippen molar-refractivity contribution in [3.8, 4) is 5.75 Å². The van der Waals surface area contributed by atoms with Crippen molar-refractivity contribution in [3.05, 3.63) is 24.3 Å². The van der Waals surface area contributed by atoms with E-state index < -0.39 is 27.2 Å². The lowest BCUT2D eigenvalue weighted by molar-refractivity contribution is -0.274. The molecule has 0 amide bonds. The maximum atomic E-state index is 12.4. The molecule has 0 aliphatic heterocycles. The summed E-state index contributed by atoms with van der Waals surface area (Å²) in [6.45, 7) is 0. The van der Waals surface area contributed by atoms with E-state index in [1.165, 1.54) is 0 Å². The van der Waals surface area contributed by atoms with Crippen molar-refractivity contribution < 1.29 is 30.2 Å². The van der Waals surface area contributed by atoms with Gasteiger partial charge in [0.2, 0.25) is 0 Å². The molecule has 0 aliphatic carbocycles. The van der Waals surface area contributed by atoms with Crippen LogP contribution in [0, 0.1) is 0 Å². The minimum atomic E-state index is -5.03. The largest absolute Gasteiger partial charge is 0.573 e. The number of benzene rings is 1. The second-order valence-corrected chi connectivity index (χ2v) is 3.81. The maximum absolute atomic E-state index is 12.4. The van der Waals surface area contributed by atoms with Gasteiger partial charge in [-0.05, 0) is 12.1 Å². The number of rotatable bonds is 2. The van der Waals surface area contributed by atoms with Crippen molar-refractivity contribution in [2.45, 2.75) is 11.3 Å². The molecule has 0 saturated carbocycles. The molecule has 84 valence electrons. The molecule has 0 fully saturated rings. The Hall–Kier alpha value is -1.31. The molecule has 0 aliphatic rings. The molecular formula is C7H4F4O3S. The average molecular weight is 244 g/mol. The summed E-state index contributed by atoms with van der Waals surface area (Å²) in [4.78, 5) is -0.885. The Balaban J connectivity index is 3.04. The highest BCUT2D eigenvalue weighted by molar-refractivity contribution is 7.86. The van der Waals surface area contributed by atoms with Crippen LogP contribution in [0.3, 0.4) is 0 Å². The zero-order valence-corrected chi connectivity index (χ0v) is 7.77. The minimum absolute atomic E-state index is 0.447. The lowest BCUT2D eigenvalue weighted by Crippen LogP contribution is -2.17. The van der Waals surface area contributed by atoms with Crippen LogP contribution in [0.25, 0.3) is 0 Å². The SMILES string of the molecule is O=S(=O)(F)c1cccc(OC(F)(F)F)c1. The second-order valence-electron chi connectivity index (χ2n) is 2.46. The molecule has 0 heterocycles. The zero-order chi connectivity index (χ0) is 11.7. The van der Waals surface area contributed by atoms with Crippen LogP contribution in [-0.4, -0.2) is 14.8 Å². The summed E-state index contributed by atoms with van der Waals surface area (Å²) < 4.78 is 71.6. The van der Waals surface area contributed by atoms with Crippen LogP contribution >= 0.6 is 0 Å². The van der Waals surface area contributed by atoms with Crippen LogP contribution < -0.4 is 4.74 Å². The Morgan fingerprint density at radius 3 is 2.27 bits per heavy atom. The highest BCUT2D eigenvalue weighted by Gasteiger charge is 2.31. The van der Waals surface area contributed by atoms with E-state index in [-0.39, 0.29) is 0 Å². The highest BCUT2D eigenvalue weighted by atomic mass is 32.3. The van der Waals surface area contributed by atoms with Crippen LogP contribution in [0.1, 0.15) is 0 Å². The van der Waals surface area contributed by atoms with Crippen molar-refractivity contribution in [1.29, 1.82) is 0 Å². The van der Waals surface area contributed by atoms with E-state index in [1.54, 1.807) is 0 Å². The van der Waals surface area contributed by atoms with Crippen LogP contribution in [0.2, 0.25) is 0 Å². The van der Waals surface area contributed by atoms with Gasteiger partial charge in [-0.25, -0.2) is 0 Å². The molecule has 3 nitrogen and oxygen atoms in total. The third kappa shape index (κ3) is 3.74. The Bertz CT molecular complexity index is 452. The maximum Gasteiger partial charge on any atom is 0.573 e. The van der Waals surface area contributed by atoms with Crippen molar-refractivity contribution >= 4 is 10.2 Å². The van der Waals surface area contributed by atoms with Gasteiger partial charge >= 0.3 is 16.6 Å². The van der Waals surface area contributed by atoms with Gasteiger partial charge in [0.1, 0.15) is 10.6 Å². The molecule has 1 aromatic carbocycles. The van der Waals surface area contributed by atoms with Crippen molar-refractivity contribution in [2.24, 2.45) is 0 Å². The van der Waals surface area contributed by atoms with Gasteiger partial charge in [0.05, 0.1) is 0 Å². The summed E-state index contributed by atoms with van der Waals surface area (Å²) in [5.74, 6) is -0.791. The van der Waals surface area contributed by atoms with E-state index in [2.05, 4.69) is 4.74 Å². The Labute approximate surface area is 82.5 Å². The molecule has 0 aromatic heterocycles. The molecule has 0 atom stereocenters. The lowest BCUT2D eigenvalue weighted by Gasteiger charge is -2.08. The molecule has 0 saturated heterocycles. The molecule has 1 aromatic rings. The van der Waals surface area contributed by atoms with E-state index >= 15 is 0 Å². The Morgan fingerprint density at radius 1 is 1.20 bits per heavy atom. The molecule has 1 rings (SSSR count). The fourth-order valence-electron chi connectivity index (χ4n) is 0.823. The van der Waals surface area contributed by atoms with Crippen LogP contribution in [0.5, 0.6) is 5.75 Å². The van der Waals surface area contributed by atoms with Gasteiger partial charge in [0.15, 0.2) is 0 Å². The summed E-state index contributed by atoms with van der Waals surface area (Å²) in [5.41, 5.74) is 0. The van der Waals surface area contributed by atoms with Gasteiger partial charge < -0.3 is 4.74 Å². The number of alkyl halides is 3. The first kappa shape index (κ1) is 11.8. The molecule has 0 radical (unpaired) electrons. The van der Waals surface area contributed by atoms with Gasteiger partial charge in [-0.1, -0.05) is 6.07 Å². The monoisotopic (exact) mass is 244 g/mol. The van der Waals surface area contributed by atoms with Gasteiger partial charge in [0, 0.05) is 6.07 Å². The van der Waals surface area contributed by atoms with E-state index in [4.69, 9.17) is 0 Å². The lowest BCUT2D eigenvalue weighted by atomic mass is 10.3. The fourth-order valence-corrected chi connectivity index (χ4v) is 1.32. The molecule has 0 N–H and O–H groups in total. The molecule has 0 unspecified atom stereocenters. The predicted octanol–water partition coefficient (Wildman–Crippen LogP) is 2.24. The predicted molar refractivity (Wildman–Crippen MR) is 41.4 cm³/mol. The number of hydrogen-bond acceptors (Lipinski definition) is 3. The Morgan fingerprint density at radius 2 is 1.80 bits per heavy atom. The van der Waals surface area contributed by atoms with E-state index in [9.17, 15) is 25.5 Å². The van der Waals surface area contributed by atoms with Crippen LogP contribution in [0.15, 0.2) is 29.2 Å². The topological polar surface area (TPSA) is 43.4 Å². The Kier molecular flexibility index (Phi) is 2.89. The first-order valence-corrected chi connectivity index (χ1v) is 4.87. The quantitative estimate of drug-likeness (QED) is 0.592. The molecule has 0 spiro atoms. The summed E-state index contributed by atoms with van der Waals surface area (Å²) in [6.07, 6.45) is -4.95. The molecule has 15 heavy (non-hydrogen) atoms. The normalized spacial score (nSPS) is 12.5. The molecule has 0 bridgehead atoms. The summed E-state index contributed by atoms with van der Waals surface area (Å²) >= 11 is 0. The summed E-state index contributed by atoms with van der Waals surface area (Å²) in [7, 11) is -5.03. The molecule has 8 heteroatoms. The van der Waals surface area contributed by atoms with Gasteiger partial charge in [-0.15, -0.1) is 17.1 Å². The first-order chi connectivity index (χ1) is 6.68. The van der Waals surface area contributed by atoms with Crippen molar-refractivity contribution in [1.82, 2.24) is 0 Å². The summed E-state index contributed by atoms with van der Waals surface area (Å²) in [5, 5.41) is 0. The number of ether oxygens (including phenoxy) is 1. The zero-order valence-electron chi connectivity index (χ0n) is 6.95. The van der Waals surface area contributed by atoms with Crippen molar-refractivity contribution in [2.75, 3.05) is 0 Å². The third-order valence-electron chi connectivity index (χ3n) is 1.32. The average Bonchev–Trinajstić information content (AvgIpc) is 1.99. The number of hydrogen-bond donors (Lipinski definition) is 0. The smallest absolute Gasteiger partial charge is 0.406 e. The van der Waals surface area contributed by atoms with Gasteiger partial charge in [-0.3, -0.25) is 0 Å². The van der Waals surface area contributed by atoms with Crippen LogP contribution in [-0.2, 0) is 10.2 Å². The second kappa shape index (κ2) is 3.69. The van der Waals surface area contributed by atoms with E-state index in [0.29, 0.717) is 6.07 Å². The molecular weight excluding hydrogens is 240 g/mol. The third-order valence-corrected chi connectivity index (χ3v) is 2.14. The fraction of sp³-hybridized carbons (Fsp3) is 0.143. The van der Waals surface area contributed by atoms with E-state index in [0.717, 1.165) is 18.2 Å².